The van der Waals surface area contributed by atoms with Gasteiger partial charge >= 0.3 is 11.9 Å². The van der Waals surface area contributed by atoms with Crippen molar-refractivity contribution < 1.29 is 63.6 Å². The average molecular weight is 483 g/mol. The van der Waals surface area contributed by atoms with Crippen LogP contribution in [-0.4, -0.2) is 127 Å². The lowest BCUT2D eigenvalue weighted by Gasteiger charge is -2.46. The van der Waals surface area contributed by atoms with Crippen molar-refractivity contribution >= 4 is 17.8 Å². The quantitative estimate of drug-likeness (QED) is 0.0999. The molecule has 1 saturated heterocycles. The molecule has 6 N–H and O–H groups in total. The van der Waals surface area contributed by atoms with Crippen LogP contribution in [0.1, 0.15) is 19.3 Å². The van der Waals surface area contributed by atoms with Gasteiger partial charge in [0.05, 0.1) is 45.0 Å². The molecule has 33 heavy (non-hydrogen) atoms. The van der Waals surface area contributed by atoms with Gasteiger partial charge in [0.2, 0.25) is 5.91 Å². The lowest BCUT2D eigenvalue weighted by molar-refractivity contribution is -0.303. The van der Waals surface area contributed by atoms with E-state index >= 15 is 0 Å². The number of aliphatic hydroxyl groups excluding tert-OH is 4. The maximum absolute atomic E-state index is 12.3. The zero-order valence-corrected chi connectivity index (χ0v) is 18.5. The second-order valence-electron chi connectivity index (χ2n) is 7.28. The highest BCUT2D eigenvalue weighted by Crippen LogP contribution is 2.33. The normalized spacial score (nSPS) is 26.9. The lowest BCUT2D eigenvalue weighted by Crippen LogP contribution is -2.67. The van der Waals surface area contributed by atoms with Gasteiger partial charge in [-0.05, 0) is 0 Å². The van der Waals surface area contributed by atoms with Crippen molar-refractivity contribution in [3.63, 3.8) is 0 Å². The minimum Gasteiger partial charge on any atom is -0.477 e. The van der Waals surface area contributed by atoms with Gasteiger partial charge in [0.25, 0.3) is 5.79 Å². The molecule has 1 aliphatic rings. The molecule has 0 aromatic rings. The Balaban J connectivity index is 2.69. The highest BCUT2D eigenvalue weighted by atomic mass is 16.7. The molecule has 1 amide bonds. The van der Waals surface area contributed by atoms with Crippen molar-refractivity contribution in [2.75, 3.05) is 47.3 Å². The maximum Gasteiger partial charge on any atom is 0.364 e. The minimum absolute atomic E-state index is 0.0129. The number of carboxylic acid groups (broad SMARTS) is 1. The molecule has 14 heteroatoms. The summed E-state index contributed by atoms with van der Waals surface area (Å²) >= 11 is 0. The van der Waals surface area contributed by atoms with Gasteiger partial charge in [-0.2, -0.15) is 0 Å². The van der Waals surface area contributed by atoms with E-state index in [2.05, 4.69) is 5.32 Å². The van der Waals surface area contributed by atoms with Crippen LogP contribution < -0.4 is 5.32 Å². The van der Waals surface area contributed by atoms with Crippen LogP contribution in [-0.2, 0) is 38.1 Å². The number of hydrogen-bond donors (Lipinski definition) is 6. The molecule has 0 aromatic heterocycles. The highest BCUT2D eigenvalue weighted by molar-refractivity contribution is 5.81. The van der Waals surface area contributed by atoms with Gasteiger partial charge in [0.1, 0.15) is 24.9 Å². The fourth-order valence-corrected chi connectivity index (χ4v) is 3.11. The number of carbonyl (C=O) groups is 3. The number of carboxylic acids is 1. The summed E-state index contributed by atoms with van der Waals surface area (Å²) in [6.07, 6.45) is -8.11. The van der Waals surface area contributed by atoms with E-state index in [0.29, 0.717) is 13.2 Å². The monoisotopic (exact) mass is 483 g/mol. The molecule has 6 atom stereocenters. The number of amides is 1. The molecule has 0 bridgehead atoms. The Kier molecular flexibility index (Phi) is 12.7. The van der Waals surface area contributed by atoms with Gasteiger partial charge in [-0.15, -0.1) is 0 Å². The first-order chi connectivity index (χ1) is 15.6. The van der Waals surface area contributed by atoms with Crippen LogP contribution in [0.3, 0.4) is 0 Å². The summed E-state index contributed by atoms with van der Waals surface area (Å²) in [5.41, 5.74) is 0. The summed E-state index contributed by atoms with van der Waals surface area (Å²) in [6.45, 7) is -0.0163. The van der Waals surface area contributed by atoms with E-state index < -0.39 is 67.1 Å². The first-order valence-corrected chi connectivity index (χ1v) is 10.2. The Bertz CT molecular complexity index is 633. The Morgan fingerprint density at radius 3 is 2.36 bits per heavy atom. The number of rotatable bonds is 15. The van der Waals surface area contributed by atoms with Crippen molar-refractivity contribution in [3.05, 3.63) is 0 Å². The van der Waals surface area contributed by atoms with Crippen LogP contribution in [0.2, 0.25) is 0 Å². The largest absolute Gasteiger partial charge is 0.477 e. The van der Waals surface area contributed by atoms with Crippen molar-refractivity contribution in [3.8, 4) is 0 Å². The highest BCUT2D eigenvalue weighted by Gasteiger charge is 2.55. The topological polar surface area (TPSA) is 211 Å². The maximum atomic E-state index is 12.3. The van der Waals surface area contributed by atoms with Crippen LogP contribution in [0.5, 0.6) is 0 Å². The van der Waals surface area contributed by atoms with Crippen LogP contribution in [0, 0.1) is 0 Å². The number of ether oxygens (including phenoxy) is 5. The molecule has 6 unspecified atom stereocenters. The van der Waals surface area contributed by atoms with Crippen molar-refractivity contribution in [1.29, 1.82) is 0 Å². The van der Waals surface area contributed by atoms with Gasteiger partial charge in [-0.25, -0.2) is 4.79 Å². The molecule has 0 saturated carbocycles. The summed E-state index contributed by atoms with van der Waals surface area (Å²) in [5.74, 6) is -5.35. The predicted molar refractivity (Wildman–Crippen MR) is 107 cm³/mol. The number of nitrogens with one attached hydrogen (secondary N) is 1. The summed E-state index contributed by atoms with van der Waals surface area (Å²) in [4.78, 5) is 35.7. The molecule has 1 heterocycles. The van der Waals surface area contributed by atoms with Gasteiger partial charge in [0, 0.05) is 27.1 Å². The summed E-state index contributed by atoms with van der Waals surface area (Å²) < 4.78 is 25.1. The summed E-state index contributed by atoms with van der Waals surface area (Å²) in [7, 11) is 2.53. The van der Waals surface area contributed by atoms with E-state index in [9.17, 15) is 34.8 Å². The first-order valence-electron chi connectivity index (χ1n) is 10.2. The minimum atomic E-state index is -2.35. The fourth-order valence-electron chi connectivity index (χ4n) is 3.11. The number of hydrogen-bond acceptors (Lipinski definition) is 12. The third-order valence-corrected chi connectivity index (χ3v) is 4.95. The predicted octanol–water partition coefficient (Wildman–Crippen LogP) is -3.25. The Morgan fingerprint density at radius 2 is 1.79 bits per heavy atom. The van der Waals surface area contributed by atoms with Crippen molar-refractivity contribution in [2.45, 2.75) is 55.5 Å². The molecule has 0 aromatic carbocycles. The van der Waals surface area contributed by atoms with Crippen molar-refractivity contribution in [1.82, 2.24) is 5.32 Å². The molecule has 0 aliphatic carbocycles. The molecule has 1 rings (SSSR count). The van der Waals surface area contributed by atoms with E-state index in [-0.39, 0.29) is 26.1 Å². The fraction of sp³-hybridized carbons (Fsp3) is 0.842. The molecule has 14 nitrogen and oxygen atoms in total. The van der Waals surface area contributed by atoms with Crippen LogP contribution in [0.4, 0.5) is 0 Å². The third-order valence-electron chi connectivity index (χ3n) is 4.95. The molecule has 0 radical (unpaired) electrons. The van der Waals surface area contributed by atoms with Crippen LogP contribution >= 0.6 is 0 Å². The van der Waals surface area contributed by atoms with Gasteiger partial charge in [-0.3, -0.25) is 9.59 Å². The summed E-state index contributed by atoms with van der Waals surface area (Å²) in [5, 5.41) is 51.5. The number of aliphatic hydroxyl groups is 4. The second-order valence-corrected chi connectivity index (χ2v) is 7.28. The molecular formula is C19H33NO13. The Morgan fingerprint density at radius 1 is 1.12 bits per heavy atom. The molecule has 192 valence electrons. The summed E-state index contributed by atoms with van der Waals surface area (Å²) in [6, 6.07) is -1.37. The third kappa shape index (κ3) is 8.75. The number of esters is 1. The standard InChI is InChI=1S/C19H33NO13/c1-29-5-6-31-7-8-32-14(25)4-3-13(24)20-15-11(22)9-19(30-2,18(27)28)33-17(15)16(26)12(23)10-21/h11-12,15-17,21-23,26H,3-10H2,1-2H3,(H,20,24)(H,27,28). The van der Waals surface area contributed by atoms with E-state index in [0.717, 1.165) is 7.11 Å². The van der Waals surface area contributed by atoms with Crippen molar-refractivity contribution in [2.24, 2.45) is 0 Å². The van der Waals surface area contributed by atoms with Gasteiger partial charge in [-0.1, -0.05) is 0 Å². The Hall–Kier alpha value is -1.91. The SMILES string of the molecule is COCCOCCOC(=O)CCC(=O)NC1C(O)CC(OC)(C(=O)O)OC1C(O)C(O)CO. The molecule has 1 fully saturated rings. The molecule has 0 spiro atoms. The number of methoxy groups -OCH3 is 2. The smallest absolute Gasteiger partial charge is 0.364 e. The zero-order chi connectivity index (χ0) is 25.0. The first kappa shape index (κ1) is 29.1. The van der Waals surface area contributed by atoms with E-state index in [1.807, 2.05) is 0 Å². The lowest BCUT2D eigenvalue weighted by atomic mass is 9.88. The van der Waals surface area contributed by atoms with E-state index in [4.69, 9.17) is 28.8 Å². The zero-order valence-electron chi connectivity index (χ0n) is 18.5. The van der Waals surface area contributed by atoms with Crippen LogP contribution in [0.15, 0.2) is 0 Å². The molecular weight excluding hydrogens is 450 g/mol. The van der Waals surface area contributed by atoms with E-state index in [1.54, 1.807) is 0 Å². The van der Waals surface area contributed by atoms with Gasteiger partial charge < -0.3 is 54.5 Å². The second kappa shape index (κ2) is 14.4. The average Bonchev–Trinajstić information content (AvgIpc) is 2.79. The van der Waals surface area contributed by atoms with Gasteiger partial charge in [0.15, 0.2) is 0 Å². The van der Waals surface area contributed by atoms with Crippen LogP contribution in [0.25, 0.3) is 0 Å². The number of carbonyl (C=O) groups excluding carboxylic acids is 2. The number of aliphatic carboxylic acids is 1. The Labute approximate surface area is 190 Å². The van der Waals surface area contributed by atoms with E-state index in [1.165, 1.54) is 7.11 Å². The molecule has 1 aliphatic heterocycles.